The molecule has 3 saturated carbocycles. The molecule has 0 aromatic rings. The molecule has 206 valence electrons. The molecular formula is C30H50O6. The smallest absolute Gasteiger partial charge is 0.161 e. The van der Waals surface area contributed by atoms with Crippen molar-refractivity contribution >= 4 is 11.6 Å². The molecule has 3 rings (SSSR count). The van der Waals surface area contributed by atoms with Gasteiger partial charge in [-0.05, 0) is 93.8 Å². The summed E-state index contributed by atoms with van der Waals surface area (Å²) in [5, 5.41) is 43.7. The van der Waals surface area contributed by atoms with E-state index >= 15 is 0 Å². The normalized spacial score (nSPS) is 40.7. The highest BCUT2D eigenvalue weighted by Crippen LogP contribution is 2.65. The minimum absolute atomic E-state index is 0.0396. The van der Waals surface area contributed by atoms with Crippen LogP contribution in [0.2, 0.25) is 0 Å². The zero-order chi connectivity index (χ0) is 27.3. The first-order valence-corrected chi connectivity index (χ1v) is 13.9. The van der Waals surface area contributed by atoms with E-state index in [0.29, 0.717) is 25.7 Å². The first-order chi connectivity index (χ1) is 16.4. The summed E-state index contributed by atoms with van der Waals surface area (Å²) in [4.78, 5) is 26.4. The van der Waals surface area contributed by atoms with Crippen LogP contribution in [0.15, 0.2) is 12.7 Å². The molecule has 3 unspecified atom stereocenters. The van der Waals surface area contributed by atoms with Crippen molar-refractivity contribution in [3.63, 3.8) is 0 Å². The zero-order valence-corrected chi connectivity index (χ0v) is 23.3. The van der Waals surface area contributed by atoms with Gasteiger partial charge in [0.2, 0.25) is 0 Å². The molecule has 0 aromatic heterocycles. The predicted molar refractivity (Wildman–Crippen MR) is 140 cm³/mol. The van der Waals surface area contributed by atoms with E-state index in [4.69, 9.17) is 0 Å². The second-order valence-electron chi connectivity index (χ2n) is 14.1. The Morgan fingerprint density at radius 3 is 2.39 bits per heavy atom. The van der Waals surface area contributed by atoms with Crippen LogP contribution in [-0.2, 0) is 9.59 Å². The lowest BCUT2D eigenvalue weighted by atomic mass is 9.42. The topological polar surface area (TPSA) is 115 Å². The minimum Gasteiger partial charge on any atom is -0.393 e. The third kappa shape index (κ3) is 5.12. The number of aliphatic hydroxyl groups is 4. The van der Waals surface area contributed by atoms with Gasteiger partial charge in [-0.25, -0.2) is 0 Å². The number of aliphatic hydroxyl groups excluding tert-OH is 2. The van der Waals surface area contributed by atoms with Gasteiger partial charge in [0, 0.05) is 18.3 Å². The molecule has 0 bridgehead atoms. The Labute approximate surface area is 217 Å². The largest absolute Gasteiger partial charge is 0.393 e. The van der Waals surface area contributed by atoms with Crippen LogP contribution in [0.1, 0.15) is 106 Å². The quantitative estimate of drug-likeness (QED) is 0.345. The summed E-state index contributed by atoms with van der Waals surface area (Å²) < 4.78 is 0. The highest BCUT2D eigenvalue weighted by molar-refractivity contribution is 5.93. The van der Waals surface area contributed by atoms with Crippen molar-refractivity contribution in [2.45, 2.75) is 129 Å². The fourth-order valence-electron chi connectivity index (χ4n) is 7.93. The number of allylic oxidation sites excluding steroid dienone is 1. The third-order valence-corrected chi connectivity index (χ3v) is 10.9. The van der Waals surface area contributed by atoms with Gasteiger partial charge < -0.3 is 20.4 Å². The summed E-state index contributed by atoms with van der Waals surface area (Å²) in [7, 11) is 0. The fraction of sp³-hybridized carbons (Fsp3) is 0.867. The Balaban J connectivity index is 1.89. The van der Waals surface area contributed by atoms with E-state index in [1.54, 1.807) is 13.8 Å². The monoisotopic (exact) mass is 506 g/mol. The van der Waals surface area contributed by atoms with Crippen LogP contribution in [0.5, 0.6) is 0 Å². The Morgan fingerprint density at radius 2 is 1.81 bits per heavy atom. The van der Waals surface area contributed by atoms with Gasteiger partial charge in [-0.3, -0.25) is 9.59 Å². The lowest BCUT2D eigenvalue weighted by Gasteiger charge is -2.61. The molecule has 3 fully saturated rings. The van der Waals surface area contributed by atoms with E-state index in [-0.39, 0.29) is 48.6 Å². The van der Waals surface area contributed by atoms with Gasteiger partial charge in [-0.2, -0.15) is 0 Å². The van der Waals surface area contributed by atoms with Crippen molar-refractivity contribution in [3.8, 4) is 0 Å². The van der Waals surface area contributed by atoms with Gasteiger partial charge in [0.1, 0.15) is 11.9 Å². The molecule has 4 N–H and O–H groups in total. The Kier molecular flexibility index (Phi) is 8.11. The molecule has 3 aliphatic carbocycles. The molecular weight excluding hydrogens is 456 g/mol. The Hall–Kier alpha value is -1.08. The molecule has 0 heterocycles. The summed E-state index contributed by atoms with van der Waals surface area (Å²) in [5.41, 5.74) is -3.79. The second kappa shape index (κ2) is 9.91. The van der Waals surface area contributed by atoms with E-state index in [2.05, 4.69) is 6.58 Å². The summed E-state index contributed by atoms with van der Waals surface area (Å²) >= 11 is 0. The van der Waals surface area contributed by atoms with E-state index < -0.39 is 39.7 Å². The van der Waals surface area contributed by atoms with Gasteiger partial charge in [-0.15, -0.1) is 6.58 Å². The molecule has 36 heavy (non-hydrogen) atoms. The molecule has 0 amide bonds. The average molecular weight is 507 g/mol. The highest BCUT2D eigenvalue weighted by Gasteiger charge is 2.66. The van der Waals surface area contributed by atoms with Crippen molar-refractivity contribution in [2.24, 2.45) is 34.0 Å². The van der Waals surface area contributed by atoms with Gasteiger partial charge in [0.15, 0.2) is 5.78 Å². The Morgan fingerprint density at radius 1 is 1.17 bits per heavy atom. The van der Waals surface area contributed by atoms with E-state index in [1.807, 2.05) is 33.8 Å². The number of fused-ring (bicyclic) bond motifs is 1. The zero-order valence-electron chi connectivity index (χ0n) is 23.3. The molecule has 0 spiro atoms. The number of carbonyl (C=O) groups excluding carboxylic acids is 2. The average Bonchev–Trinajstić information content (AvgIpc) is 3.18. The minimum atomic E-state index is -1.10. The standard InChI is InChI=1S/C30H50O6/c1-8-9-10-20-21(15-25(34)29(7)18-23(32)22(31)17-28(20,29)6)30(36)14-11-19(16-30)27(4,5)24(33)12-13-26(2,3)35/h8,19-21,23-24,32-33,35-36H,1,9-18H2,2-7H3/t19?,20?,21?,23-,24-,28-,29+,30+/m1/s1. The van der Waals surface area contributed by atoms with Crippen molar-refractivity contribution in [2.75, 3.05) is 0 Å². The summed E-state index contributed by atoms with van der Waals surface area (Å²) in [6.45, 7) is 15.4. The van der Waals surface area contributed by atoms with Crippen LogP contribution in [0, 0.1) is 34.0 Å². The van der Waals surface area contributed by atoms with E-state index in [9.17, 15) is 30.0 Å². The van der Waals surface area contributed by atoms with Crippen LogP contribution >= 0.6 is 0 Å². The molecule has 6 nitrogen and oxygen atoms in total. The Bertz CT molecular complexity index is 858. The molecule has 0 radical (unpaired) electrons. The molecule has 6 heteroatoms. The lowest BCUT2D eigenvalue weighted by Crippen LogP contribution is -2.63. The van der Waals surface area contributed by atoms with E-state index in [0.717, 1.165) is 19.3 Å². The van der Waals surface area contributed by atoms with Crippen LogP contribution < -0.4 is 0 Å². The van der Waals surface area contributed by atoms with Crippen molar-refractivity contribution < 1.29 is 30.0 Å². The van der Waals surface area contributed by atoms with Crippen LogP contribution in [0.25, 0.3) is 0 Å². The van der Waals surface area contributed by atoms with Crippen molar-refractivity contribution in [3.05, 3.63) is 12.7 Å². The van der Waals surface area contributed by atoms with Gasteiger partial charge >= 0.3 is 0 Å². The highest BCUT2D eigenvalue weighted by atomic mass is 16.3. The van der Waals surface area contributed by atoms with Crippen LogP contribution in [0.4, 0.5) is 0 Å². The first kappa shape index (κ1) is 29.5. The summed E-state index contributed by atoms with van der Waals surface area (Å²) in [5.74, 6) is -0.426. The molecule has 8 atom stereocenters. The van der Waals surface area contributed by atoms with Crippen molar-refractivity contribution in [1.82, 2.24) is 0 Å². The number of rotatable bonds is 9. The maximum atomic E-state index is 13.7. The third-order valence-electron chi connectivity index (χ3n) is 10.9. The maximum absolute atomic E-state index is 13.7. The number of hydrogen-bond donors (Lipinski definition) is 4. The lowest BCUT2D eigenvalue weighted by molar-refractivity contribution is -0.187. The predicted octanol–water partition coefficient (Wildman–Crippen LogP) is 4.36. The van der Waals surface area contributed by atoms with Crippen LogP contribution in [0.3, 0.4) is 0 Å². The van der Waals surface area contributed by atoms with Crippen LogP contribution in [-0.4, -0.2) is 55.4 Å². The molecule has 0 aromatic carbocycles. The van der Waals surface area contributed by atoms with Crippen molar-refractivity contribution in [1.29, 1.82) is 0 Å². The molecule has 3 aliphatic rings. The molecule has 0 aliphatic heterocycles. The SMILES string of the molecule is C=CCCC1C([C@]2(O)CCC(C(C)(C)[C@H](O)CCC(C)(C)O)C2)CC(=O)[C@]2(C)C[C@@H](O)C(=O)C[C@]12C. The van der Waals surface area contributed by atoms with Gasteiger partial charge in [0.25, 0.3) is 0 Å². The maximum Gasteiger partial charge on any atom is 0.161 e. The summed E-state index contributed by atoms with van der Waals surface area (Å²) in [6, 6.07) is 0. The number of hydrogen-bond acceptors (Lipinski definition) is 6. The number of Topliss-reactive ketones (excluding diaryl/α,β-unsaturated/α-hetero) is 2. The van der Waals surface area contributed by atoms with Gasteiger partial charge in [0.05, 0.1) is 17.3 Å². The molecule has 0 saturated heterocycles. The van der Waals surface area contributed by atoms with Gasteiger partial charge in [-0.1, -0.05) is 33.8 Å². The summed E-state index contributed by atoms with van der Waals surface area (Å²) in [6.07, 6.45) is 4.96. The fourth-order valence-corrected chi connectivity index (χ4v) is 7.93. The number of ketones is 2. The number of carbonyl (C=O) groups is 2. The first-order valence-electron chi connectivity index (χ1n) is 13.9. The second-order valence-corrected chi connectivity index (χ2v) is 14.1. The van der Waals surface area contributed by atoms with E-state index in [1.165, 1.54) is 0 Å².